The summed E-state index contributed by atoms with van der Waals surface area (Å²) in [6.07, 6.45) is 10.1. The SMILES string of the molecule is CCCCCCCCNC(=O)c1cncc(N)n1. The summed E-state index contributed by atoms with van der Waals surface area (Å²) in [6, 6.07) is 0. The highest BCUT2D eigenvalue weighted by Gasteiger charge is 2.06. The fourth-order valence-electron chi connectivity index (χ4n) is 1.69. The molecule has 0 saturated carbocycles. The summed E-state index contributed by atoms with van der Waals surface area (Å²) in [5, 5.41) is 2.82. The van der Waals surface area contributed by atoms with Gasteiger partial charge in [0.2, 0.25) is 0 Å². The molecular formula is C13H22N4O. The van der Waals surface area contributed by atoms with Crippen molar-refractivity contribution < 1.29 is 4.79 Å². The highest BCUT2D eigenvalue weighted by atomic mass is 16.1. The van der Waals surface area contributed by atoms with E-state index in [1.54, 1.807) is 0 Å². The maximum Gasteiger partial charge on any atom is 0.271 e. The first-order chi connectivity index (χ1) is 8.74. The van der Waals surface area contributed by atoms with Gasteiger partial charge in [-0.05, 0) is 6.42 Å². The molecule has 1 rings (SSSR count). The lowest BCUT2D eigenvalue weighted by atomic mass is 10.1. The van der Waals surface area contributed by atoms with E-state index in [1.165, 1.54) is 38.1 Å². The molecular weight excluding hydrogens is 228 g/mol. The molecule has 1 amide bonds. The van der Waals surface area contributed by atoms with Gasteiger partial charge < -0.3 is 11.1 Å². The van der Waals surface area contributed by atoms with Gasteiger partial charge in [0, 0.05) is 6.54 Å². The van der Waals surface area contributed by atoms with E-state index in [0.717, 1.165) is 12.8 Å². The number of nitrogens with zero attached hydrogens (tertiary/aromatic N) is 2. The van der Waals surface area contributed by atoms with E-state index in [-0.39, 0.29) is 17.4 Å². The Morgan fingerprint density at radius 3 is 2.67 bits per heavy atom. The number of amides is 1. The van der Waals surface area contributed by atoms with Crippen molar-refractivity contribution in [2.24, 2.45) is 0 Å². The smallest absolute Gasteiger partial charge is 0.271 e. The Balaban J connectivity index is 2.14. The fourth-order valence-corrected chi connectivity index (χ4v) is 1.69. The summed E-state index contributed by atoms with van der Waals surface area (Å²) in [7, 11) is 0. The predicted molar refractivity (Wildman–Crippen MR) is 72.2 cm³/mol. The van der Waals surface area contributed by atoms with Gasteiger partial charge in [-0.15, -0.1) is 0 Å². The number of hydrogen-bond donors (Lipinski definition) is 2. The molecule has 0 radical (unpaired) electrons. The summed E-state index contributed by atoms with van der Waals surface area (Å²) in [4.78, 5) is 19.4. The lowest BCUT2D eigenvalue weighted by molar-refractivity contribution is 0.0947. The molecule has 0 aliphatic heterocycles. The molecule has 5 nitrogen and oxygen atoms in total. The maximum atomic E-state index is 11.7. The van der Waals surface area contributed by atoms with Crippen LogP contribution in [0.2, 0.25) is 0 Å². The Hall–Kier alpha value is -1.65. The monoisotopic (exact) mass is 250 g/mol. The highest BCUT2D eigenvalue weighted by molar-refractivity contribution is 5.92. The first kappa shape index (κ1) is 14.4. The lowest BCUT2D eigenvalue weighted by Gasteiger charge is -2.04. The van der Waals surface area contributed by atoms with Crippen LogP contribution in [0.5, 0.6) is 0 Å². The summed E-state index contributed by atoms with van der Waals surface area (Å²) in [6.45, 7) is 2.88. The topological polar surface area (TPSA) is 80.9 Å². The van der Waals surface area contributed by atoms with Crippen molar-refractivity contribution in [3.8, 4) is 0 Å². The van der Waals surface area contributed by atoms with Crippen LogP contribution in [0.15, 0.2) is 12.4 Å². The molecule has 1 heterocycles. The zero-order chi connectivity index (χ0) is 13.2. The van der Waals surface area contributed by atoms with Crippen molar-refractivity contribution in [3.63, 3.8) is 0 Å². The Morgan fingerprint density at radius 2 is 1.94 bits per heavy atom. The lowest BCUT2D eigenvalue weighted by Crippen LogP contribution is -2.25. The van der Waals surface area contributed by atoms with Crippen molar-refractivity contribution in [2.45, 2.75) is 45.4 Å². The van der Waals surface area contributed by atoms with Crippen molar-refractivity contribution in [3.05, 3.63) is 18.1 Å². The minimum atomic E-state index is -0.205. The minimum absolute atomic E-state index is 0.205. The van der Waals surface area contributed by atoms with Crippen LogP contribution in [0.3, 0.4) is 0 Å². The molecule has 1 aromatic rings. The largest absolute Gasteiger partial charge is 0.382 e. The number of rotatable bonds is 8. The molecule has 0 spiro atoms. The van der Waals surface area contributed by atoms with Gasteiger partial charge in [0.25, 0.3) is 5.91 Å². The average Bonchev–Trinajstić information content (AvgIpc) is 2.37. The molecule has 100 valence electrons. The van der Waals surface area contributed by atoms with Gasteiger partial charge in [-0.2, -0.15) is 0 Å². The second-order valence-corrected chi connectivity index (χ2v) is 4.35. The van der Waals surface area contributed by atoms with E-state index >= 15 is 0 Å². The summed E-state index contributed by atoms with van der Waals surface area (Å²) < 4.78 is 0. The summed E-state index contributed by atoms with van der Waals surface area (Å²) >= 11 is 0. The molecule has 0 atom stereocenters. The Kier molecular flexibility index (Phi) is 6.76. The number of nitrogen functional groups attached to an aromatic ring is 1. The molecule has 1 aromatic heterocycles. The van der Waals surface area contributed by atoms with Gasteiger partial charge in [0.15, 0.2) is 0 Å². The number of nitrogens with one attached hydrogen (secondary N) is 1. The van der Waals surface area contributed by atoms with Gasteiger partial charge in [-0.25, -0.2) is 4.98 Å². The standard InChI is InChI=1S/C13H22N4O/c1-2-3-4-5-6-7-8-16-13(18)11-9-15-10-12(14)17-11/h9-10H,2-8H2,1H3,(H2,14,17)(H,16,18). The van der Waals surface area contributed by atoms with Crippen LogP contribution in [0.25, 0.3) is 0 Å². The van der Waals surface area contributed by atoms with Crippen LogP contribution < -0.4 is 11.1 Å². The molecule has 0 aromatic carbocycles. The van der Waals surface area contributed by atoms with Crippen molar-refractivity contribution in [1.82, 2.24) is 15.3 Å². The molecule has 0 unspecified atom stereocenters. The van der Waals surface area contributed by atoms with E-state index in [4.69, 9.17) is 5.73 Å². The molecule has 5 heteroatoms. The minimum Gasteiger partial charge on any atom is -0.382 e. The normalized spacial score (nSPS) is 10.3. The third kappa shape index (κ3) is 5.61. The van der Waals surface area contributed by atoms with Crippen molar-refractivity contribution in [2.75, 3.05) is 12.3 Å². The van der Waals surface area contributed by atoms with Gasteiger partial charge in [-0.3, -0.25) is 9.78 Å². The number of carbonyl (C=O) groups is 1. The van der Waals surface area contributed by atoms with Crippen LogP contribution in [-0.2, 0) is 0 Å². The summed E-state index contributed by atoms with van der Waals surface area (Å²) in [5.74, 6) is 0.0607. The van der Waals surface area contributed by atoms with E-state index < -0.39 is 0 Å². The van der Waals surface area contributed by atoms with Gasteiger partial charge >= 0.3 is 0 Å². The number of hydrogen-bond acceptors (Lipinski definition) is 4. The van der Waals surface area contributed by atoms with Crippen LogP contribution in [0.4, 0.5) is 5.82 Å². The molecule has 3 N–H and O–H groups in total. The number of unbranched alkanes of at least 4 members (excludes halogenated alkanes) is 5. The van der Waals surface area contributed by atoms with Crippen LogP contribution in [0, 0.1) is 0 Å². The predicted octanol–water partition coefficient (Wildman–Crippen LogP) is 2.15. The third-order valence-electron chi connectivity index (χ3n) is 2.70. The Morgan fingerprint density at radius 1 is 1.22 bits per heavy atom. The fraction of sp³-hybridized carbons (Fsp3) is 0.615. The molecule has 0 bridgehead atoms. The van der Waals surface area contributed by atoms with Crippen LogP contribution in [-0.4, -0.2) is 22.4 Å². The van der Waals surface area contributed by atoms with Gasteiger partial charge in [0.1, 0.15) is 11.5 Å². The number of carbonyl (C=O) groups excluding carboxylic acids is 1. The number of anilines is 1. The number of aromatic nitrogens is 2. The first-order valence-electron chi connectivity index (χ1n) is 6.59. The molecule has 0 aliphatic rings. The van der Waals surface area contributed by atoms with Gasteiger partial charge in [0.05, 0.1) is 12.4 Å². The first-order valence-corrected chi connectivity index (χ1v) is 6.59. The Labute approximate surface area is 108 Å². The zero-order valence-electron chi connectivity index (χ0n) is 11.0. The zero-order valence-corrected chi connectivity index (χ0v) is 11.0. The molecule has 0 aliphatic carbocycles. The van der Waals surface area contributed by atoms with E-state index in [1.807, 2.05) is 0 Å². The van der Waals surface area contributed by atoms with Crippen molar-refractivity contribution in [1.29, 1.82) is 0 Å². The third-order valence-corrected chi connectivity index (χ3v) is 2.70. The molecule has 18 heavy (non-hydrogen) atoms. The quantitative estimate of drug-likeness (QED) is 0.693. The maximum absolute atomic E-state index is 11.7. The van der Waals surface area contributed by atoms with Crippen LogP contribution in [0.1, 0.15) is 55.9 Å². The number of nitrogens with two attached hydrogens (primary N) is 1. The highest BCUT2D eigenvalue weighted by Crippen LogP contribution is 2.04. The molecule has 0 saturated heterocycles. The van der Waals surface area contributed by atoms with Crippen LogP contribution >= 0.6 is 0 Å². The van der Waals surface area contributed by atoms with E-state index in [9.17, 15) is 4.79 Å². The molecule has 0 fully saturated rings. The van der Waals surface area contributed by atoms with Gasteiger partial charge in [-0.1, -0.05) is 39.0 Å². The van der Waals surface area contributed by atoms with Crippen molar-refractivity contribution >= 4 is 11.7 Å². The Bertz CT molecular complexity index is 368. The second kappa shape index (κ2) is 8.44. The second-order valence-electron chi connectivity index (χ2n) is 4.35. The summed E-state index contributed by atoms with van der Waals surface area (Å²) in [5.41, 5.74) is 5.74. The average molecular weight is 250 g/mol. The van der Waals surface area contributed by atoms with E-state index in [0.29, 0.717) is 6.54 Å². The van der Waals surface area contributed by atoms with E-state index in [2.05, 4.69) is 22.2 Å².